The van der Waals surface area contributed by atoms with Crippen molar-refractivity contribution in [3.05, 3.63) is 65.1 Å². The van der Waals surface area contributed by atoms with Gasteiger partial charge in [-0.3, -0.25) is 0 Å². The second kappa shape index (κ2) is 6.58. The van der Waals surface area contributed by atoms with Gasteiger partial charge in [0.15, 0.2) is 16.8 Å². The molecule has 9 heteroatoms. The molecule has 2 aromatic heterocycles. The standard InChI is InChI=1S/C18H12F3N3O2S/c1-8-2-15(8)26-17(25)13-3-9(6-22-13)14-7-27-18(23-14)24-16-11(20)4-10(19)5-12(16)21/h3-7,15,22H,1-2H2,(H,23,24). The fourth-order valence-electron chi connectivity index (χ4n) is 2.39. The quantitative estimate of drug-likeness (QED) is 0.485. The number of halogens is 3. The Kier molecular flexibility index (Phi) is 4.23. The summed E-state index contributed by atoms with van der Waals surface area (Å²) in [5, 5.41) is 4.38. The third kappa shape index (κ3) is 3.59. The number of nitrogens with one attached hydrogen (secondary N) is 2. The molecule has 1 fully saturated rings. The maximum Gasteiger partial charge on any atom is 0.355 e. The molecule has 1 aromatic carbocycles. The molecule has 27 heavy (non-hydrogen) atoms. The first kappa shape index (κ1) is 17.3. The second-order valence-corrected chi connectivity index (χ2v) is 6.82. The van der Waals surface area contributed by atoms with Crippen molar-refractivity contribution >= 4 is 28.1 Å². The Bertz CT molecular complexity index is 1040. The van der Waals surface area contributed by atoms with Crippen LogP contribution in [0.1, 0.15) is 16.9 Å². The Balaban J connectivity index is 1.50. The zero-order chi connectivity index (χ0) is 19.1. The van der Waals surface area contributed by atoms with Crippen LogP contribution in [-0.4, -0.2) is 22.0 Å². The number of rotatable bonds is 5. The van der Waals surface area contributed by atoms with E-state index in [0.717, 1.165) is 16.9 Å². The minimum Gasteiger partial charge on any atom is -0.453 e. The minimum atomic E-state index is -1.06. The van der Waals surface area contributed by atoms with Crippen molar-refractivity contribution < 1.29 is 22.7 Å². The van der Waals surface area contributed by atoms with Gasteiger partial charge in [-0.1, -0.05) is 6.58 Å². The molecular formula is C18H12F3N3O2S. The van der Waals surface area contributed by atoms with Crippen LogP contribution in [0, 0.1) is 17.5 Å². The molecule has 1 atom stereocenters. The van der Waals surface area contributed by atoms with Gasteiger partial charge in [0, 0.05) is 35.7 Å². The SMILES string of the molecule is C=C1CC1OC(=O)c1cc(-c2csc(Nc3c(F)cc(F)cc3F)n2)c[nH]1. The molecule has 5 nitrogen and oxygen atoms in total. The number of H-pyrrole nitrogens is 1. The summed E-state index contributed by atoms with van der Waals surface area (Å²) in [6.45, 7) is 3.72. The van der Waals surface area contributed by atoms with E-state index in [1.54, 1.807) is 17.6 Å². The highest BCUT2D eigenvalue weighted by atomic mass is 32.1. The number of aromatic amines is 1. The van der Waals surface area contributed by atoms with E-state index in [0.29, 0.717) is 29.8 Å². The van der Waals surface area contributed by atoms with Gasteiger partial charge in [-0.2, -0.15) is 0 Å². The van der Waals surface area contributed by atoms with E-state index in [9.17, 15) is 18.0 Å². The Morgan fingerprint density at radius 1 is 1.30 bits per heavy atom. The van der Waals surface area contributed by atoms with E-state index >= 15 is 0 Å². The zero-order valence-corrected chi connectivity index (χ0v) is 14.5. The average Bonchev–Trinajstić information content (AvgIpc) is 3.05. The molecule has 0 amide bonds. The summed E-state index contributed by atoms with van der Waals surface area (Å²) < 4.78 is 45.6. The normalized spacial score (nSPS) is 15.7. The van der Waals surface area contributed by atoms with Gasteiger partial charge in [-0.25, -0.2) is 22.9 Å². The van der Waals surface area contributed by atoms with Crippen molar-refractivity contribution in [2.75, 3.05) is 5.32 Å². The summed E-state index contributed by atoms with van der Waals surface area (Å²) in [6.07, 6.45) is 2.03. The van der Waals surface area contributed by atoms with Crippen LogP contribution in [0.2, 0.25) is 0 Å². The van der Waals surface area contributed by atoms with Crippen LogP contribution in [0.15, 0.2) is 41.9 Å². The first-order chi connectivity index (χ1) is 12.9. The van der Waals surface area contributed by atoms with Crippen LogP contribution in [-0.2, 0) is 4.74 Å². The van der Waals surface area contributed by atoms with Crippen molar-refractivity contribution in [3.63, 3.8) is 0 Å². The van der Waals surface area contributed by atoms with Crippen molar-refractivity contribution in [1.82, 2.24) is 9.97 Å². The van der Waals surface area contributed by atoms with E-state index in [2.05, 4.69) is 21.9 Å². The maximum atomic E-state index is 13.7. The highest BCUT2D eigenvalue weighted by Crippen LogP contribution is 2.32. The molecule has 4 rings (SSSR count). The van der Waals surface area contributed by atoms with Crippen LogP contribution in [0.25, 0.3) is 11.3 Å². The van der Waals surface area contributed by atoms with Gasteiger partial charge in [0.05, 0.1) is 5.69 Å². The van der Waals surface area contributed by atoms with Gasteiger partial charge in [0.1, 0.15) is 23.3 Å². The molecule has 0 aliphatic heterocycles. The average molecular weight is 391 g/mol. The number of carbonyl (C=O) groups excluding carboxylic acids is 1. The van der Waals surface area contributed by atoms with Crippen molar-refractivity contribution in [1.29, 1.82) is 0 Å². The number of hydrogen-bond donors (Lipinski definition) is 2. The predicted molar refractivity (Wildman–Crippen MR) is 94.5 cm³/mol. The summed E-state index contributed by atoms with van der Waals surface area (Å²) in [7, 11) is 0. The molecule has 2 heterocycles. The highest BCUT2D eigenvalue weighted by molar-refractivity contribution is 7.14. The number of hydrogen-bond acceptors (Lipinski definition) is 5. The first-order valence-electron chi connectivity index (χ1n) is 7.85. The molecule has 1 aliphatic rings. The van der Waals surface area contributed by atoms with Gasteiger partial charge in [0.25, 0.3) is 0 Å². The molecule has 1 saturated carbocycles. The number of thiazole rings is 1. The van der Waals surface area contributed by atoms with Gasteiger partial charge < -0.3 is 15.0 Å². The zero-order valence-electron chi connectivity index (χ0n) is 13.7. The van der Waals surface area contributed by atoms with Crippen LogP contribution >= 0.6 is 11.3 Å². The molecule has 2 N–H and O–H groups in total. The van der Waals surface area contributed by atoms with Crippen LogP contribution in [0.4, 0.5) is 24.0 Å². The summed E-state index contributed by atoms with van der Waals surface area (Å²) in [4.78, 5) is 19.0. The lowest BCUT2D eigenvalue weighted by Crippen LogP contribution is -2.06. The van der Waals surface area contributed by atoms with Gasteiger partial charge in [-0.15, -0.1) is 11.3 Å². The molecule has 0 spiro atoms. The topological polar surface area (TPSA) is 67.0 Å². The van der Waals surface area contributed by atoms with E-state index < -0.39 is 29.1 Å². The maximum absolute atomic E-state index is 13.7. The van der Waals surface area contributed by atoms with Crippen LogP contribution in [0.3, 0.4) is 0 Å². The molecule has 138 valence electrons. The summed E-state index contributed by atoms with van der Waals surface area (Å²) in [5.74, 6) is -3.61. The lowest BCUT2D eigenvalue weighted by atomic mass is 10.2. The van der Waals surface area contributed by atoms with Crippen LogP contribution in [0.5, 0.6) is 0 Å². The fourth-order valence-corrected chi connectivity index (χ4v) is 3.11. The first-order valence-corrected chi connectivity index (χ1v) is 8.73. The second-order valence-electron chi connectivity index (χ2n) is 5.97. The third-order valence-corrected chi connectivity index (χ3v) is 4.69. The summed E-state index contributed by atoms with van der Waals surface area (Å²) in [6, 6.07) is 2.74. The Morgan fingerprint density at radius 2 is 2.00 bits per heavy atom. The monoisotopic (exact) mass is 391 g/mol. The number of nitrogens with zero attached hydrogens (tertiary/aromatic N) is 1. The van der Waals surface area contributed by atoms with Crippen molar-refractivity contribution in [2.45, 2.75) is 12.5 Å². The number of anilines is 2. The van der Waals surface area contributed by atoms with Gasteiger partial charge in [-0.05, 0) is 11.6 Å². The molecule has 0 radical (unpaired) electrons. The molecule has 0 saturated heterocycles. The fraction of sp³-hybridized carbons (Fsp3) is 0.111. The summed E-state index contributed by atoms with van der Waals surface area (Å²) >= 11 is 1.11. The minimum absolute atomic E-state index is 0.217. The summed E-state index contributed by atoms with van der Waals surface area (Å²) in [5.41, 5.74) is 1.77. The molecule has 3 aromatic rings. The molecule has 1 aliphatic carbocycles. The Morgan fingerprint density at radius 3 is 2.67 bits per heavy atom. The van der Waals surface area contributed by atoms with Gasteiger partial charge in [0.2, 0.25) is 0 Å². The number of benzene rings is 1. The number of esters is 1. The predicted octanol–water partition coefficient (Wildman–Crippen LogP) is 4.78. The largest absolute Gasteiger partial charge is 0.453 e. The lowest BCUT2D eigenvalue weighted by molar-refractivity contribution is 0.0482. The number of carbonyl (C=O) groups is 1. The molecule has 0 bridgehead atoms. The van der Waals surface area contributed by atoms with Crippen molar-refractivity contribution in [2.24, 2.45) is 0 Å². The van der Waals surface area contributed by atoms with Crippen LogP contribution < -0.4 is 5.32 Å². The van der Waals surface area contributed by atoms with Crippen molar-refractivity contribution in [3.8, 4) is 11.3 Å². The van der Waals surface area contributed by atoms with E-state index in [1.807, 2.05) is 0 Å². The Hall–Kier alpha value is -3.07. The Labute approximate surface area is 155 Å². The number of aromatic nitrogens is 2. The smallest absolute Gasteiger partial charge is 0.355 e. The molecule has 1 unspecified atom stereocenters. The van der Waals surface area contributed by atoms with E-state index in [-0.39, 0.29) is 16.9 Å². The number of ether oxygens (including phenoxy) is 1. The van der Waals surface area contributed by atoms with E-state index in [1.165, 1.54) is 0 Å². The third-order valence-electron chi connectivity index (χ3n) is 3.93. The highest BCUT2D eigenvalue weighted by Gasteiger charge is 2.32. The van der Waals surface area contributed by atoms with Gasteiger partial charge >= 0.3 is 5.97 Å². The molecular weight excluding hydrogens is 379 g/mol. The lowest BCUT2D eigenvalue weighted by Gasteiger charge is -2.05. The van der Waals surface area contributed by atoms with E-state index in [4.69, 9.17) is 4.74 Å².